The minimum Gasteiger partial charge on any atom is -0.476 e. The molecular formula is C16H16BrN3O5. The number of esters is 1. The van der Waals surface area contributed by atoms with Crippen molar-refractivity contribution >= 4 is 38.6 Å². The number of carboxylic acids is 1. The molecular weight excluding hydrogens is 394 g/mol. The zero-order valence-electron chi connectivity index (χ0n) is 13.2. The fourth-order valence-corrected chi connectivity index (χ4v) is 2.41. The van der Waals surface area contributed by atoms with E-state index >= 15 is 0 Å². The highest BCUT2D eigenvalue weighted by atomic mass is 79.9. The van der Waals surface area contributed by atoms with Crippen LogP contribution in [0.25, 0.3) is 10.8 Å². The lowest BCUT2D eigenvalue weighted by atomic mass is 10.1. The second-order valence-corrected chi connectivity index (χ2v) is 5.92. The third kappa shape index (κ3) is 4.85. The summed E-state index contributed by atoms with van der Waals surface area (Å²) in [6, 6.07) is 10.8. The van der Waals surface area contributed by atoms with Crippen LogP contribution >= 0.6 is 15.9 Å². The normalized spacial score (nSPS) is 11.6. The molecule has 2 aromatic rings. The number of halogens is 1. The largest absolute Gasteiger partial charge is 0.476 e. The van der Waals surface area contributed by atoms with E-state index in [9.17, 15) is 14.7 Å². The van der Waals surface area contributed by atoms with E-state index in [1.165, 1.54) is 6.92 Å². The maximum atomic E-state index is 11.4. The van der Waals surface area contributed by atoms with Gasteiger partial charge in [0.2, 0.25) is 11.6 Å². The van der Waals surface area contributed by atoms with Gasteiger partial charge in [0.05, 0.1) is 0 Å². The molecule has 2 aromatic carbocycles. The Bertz CT molecular complexity index is 853. The molecule has 0 saturated carbocycles. The fraction of sp³-hybridized carbons (Fsp3) is 0.125. The second-order valence-electron chi connectivity index (χ2n) is 5.01. The van der Waals surface area contributed by atoms with Crippen molar-refractivity contribution in [3.8, 4) is 5.75 Å². The van der Waals surface area contributed by atoms with Gasteiger partial charge in [-0.15, -0.1) is 0 Å². The lowest BCUT2D eigenvalue weighted by Gasteiger charge is -2.20. The molecule has 9 heteroatoms. The third-order valence-corrected chi connectivity index (χ3v) is 3.62. The van der Waals surface area contributed by atoms with Gasteiger partial charge in [0.1, 0.15) is 5.75 Å². The molecule has 0 aromatic heterocycles. The quantitative estimate of drug-likeness (QED) is 0.165. The molecule has 25 heavy (non-hydrogen) atoms. The Morgan fingerprint density at radius 1 is 1.20 bits per heavy atom. The van der Waals surface area contributed by atoms with Gasteiger partial charge in [-0.1, -0.05) is 28.1 Å². The number of hydrazine groups is 1. The predicted molar refractivity (Wildman–Crippen MR) is 93.8 cm³/mol. The SMILES string of the molecule is CC(=O)OCN(N)/C(C(=O)O)=C(\N)Oc1ccc2cc(Br)ccc2c1. The molecule has 0 fully saturated rings. The minimum atomic E-state index is -1.42. The molecule has 132 valence electrons. The van der Waals surface area contributed by atoms with E-state index in [0.29, 0.717) is 10.8 Å². The highest BCUT2D eigenvalue weighted by Crippen LogP contribution is 2.25. The van der Waals surface area contributed by atoms with Gasteiger partial charge in [-0.25, -0.2) is 10.6 Å². The average molecular weight is 410 g/mol. The maximum absolute atomic E-state index is 11.4. The number of nitrogens with zero attached hydrogens (tertiary/aromatic N) is 1. The van der Waals surface area contributed by atoms with Crippen molar-refractivity contribution in [1.29, 1.82) is 0 Å². The van der Waals surface area contributed by atoms with Crippen LogP contribution in [0.5, 0.6) is 5.75 Å². The lowest BCUT2D eigenvalue weighted by Crippen LogP contribution is -2.39. The summed E-state index contributed by atoms with van der Waals surface area (Å²) >= 11 is 3.39. The van der Waals surface area contributed by atoms with Gasteiger partial charge >= 0.3 is 11.9 Å². The third-order valence-electron chi connectivity index (χ3n) is 3.13. The lowest BCUT2D eigenvalue weighted by molar-refractivity contribution is -0.147. The summed E-state index contributed by atoms with van der Waals surface area (Å²) in [6.07, 6.45) is 0. The van der Waals surface area contributed by atoms with Crippen molar-refractivity contribution in [3.63, 3.8) is 0 Å². The Labute approximate surface area is 151 Å². The van der Waals surface area contributed by atoms with Crippen LogP contribution in [0, 0.1) is 0 Å². The van der Waals surface area contributed by atoms with E-state index < -0.39 is 30.2 Å². The van der Waals surface area contributed by atoms with Crippen LogP contribution < -0.4 is 16.3 Å². The number of hydrogen-bond donors (Lipinski definition) is 3. The summed E-state index contributed by atoms with van der Waals surface area (Å²) in [5.41, 5.74) is 5.20. The smallest absolute Gasteiger partial charge is 0.359 e. The summed E-state index contributed by atoms with van der Waals surface area (Å²) in [6.45, 7) is 0.693. The van der Waals surface area contributed by atoms with Crippen molar-refractivity contribution in [2.75, 3.05) is 6.73 Å². The van der Waals surface area contributed by atoms with Crippen LogP contribution in [0.3, 0.4) is 0 Å². The van der Waals surface area contributed by atoms with Gasteiger partial charge < -0.3 is 20.3 Å². The van der Waals surface area contributed by atoms with E-state index in [2.05, 4.69) is 20.7 Å². The van der Waals surface area contributed by atoms with Gasteiger partial charge in [0.15, 0.2) is 6.73 Å². The van der Waals surface area contributed by atoms with E-state index in [4.69, 9.17) is 16.3 Å². The van der Waals surface area contributed by atoms with Crippen molar-refractivity contribution in [2.24, 2.45) is 11.6 Å². The first-order valence-corrected chi connectivity index (χ1v) is 7.83. The number of hydrogen-bond acceptors (Lipinski definition) is 7. The van der Waals surface area contributed by atoms with E-state index in [0.717, 1.165) is 15.2 Å². The van der Waals surface area contributed by atoms with Crippen molar-refractivity contribution in [1.82, 2.24) is 5.01 Å². The van der Waals surface area contributed by atoms with Crippen LogP contribution in [0.1, 0.15) is 6.92 Å². The summed E-state index contributed by atoms with van der Waals surface area (Å²) in [7, 11) is 0. The number of carbonyl (C=O) groups excluding carboxylic acids is 1. The van der Waals surface area contributed by atoms with Crippen LogP contribution in [0.4, 0.5) is 0 Å². The molecule has 0 spiro atoms. The Morgan fingerprint density at radius 2 is 1.84 bits per heavy atom. The summed E-state index contributed by atoms with van der Waals surface area (Å²) in [5, 5.41) is 11.8. The molecule has 0 heterocycles. The summed E-state index contributed by atoms with van der Waals surface area (Å²) in [4.78, 5) is 22.2. The molecule has 5 N–H and O–H groups in total. The van der Waals surface area contributed by atoms with Crippen LogP contribution in [0.15, 0.2) is 52.5 Å². The maximum Gasteiger partial charge on any atom is 0.359 e. The topological polar surface area (TPSA) is 128 Å². The number of fused-ring (bicyclic) bond motifs is 1. The first kappa shape index (κ1) is 18.6. The average Bonchev–Trinajstić information content (AvgIpc) is 2.52. The van der Waals surface area contributed by atoms with Gasteiger partial charge in [0.25, 0.3) is 0 Å². The first-order valence-electron chi connectivity index (χ1n) is 7.03. The van der Waals surface area contributed by atoms with Gasteiger partial charge in [-0.3, -0.25) is 9.80 Å². The molecule has 0 radical (unpaired) electrons. The number of ether oxygens (including phenoxy) is 2. The molecule has 0 amide bonds. The van der Waals surface area contributed by atoms with Crippen LogP contribution in [-0.4, -0.2) is 28.8 Å². The molecule has 0 aliphatic carbocycles. The van der Waals surface area contributed by atoms with Crippen LogP contribution in [0.2, 0.25) is 0 Å². The standard InChI is InChI=1S/C16H16BrN3O5/c1-9(21)24-8-20(19)14(16(22)23)15(18)25-13-5-3-10-6-12(17)4-2-11(10)7-13/h2-7H,8,18-19H2,1H3,(H,22,23)/b15-14+. The number of nitrogens with two attached hydrogens (primary N) is 2. The van der Waals surface area contributed by atoms with Gasteiger partial charge in [-0.2, -0.15) is 0 Å². The number of aliphatic carboxylic acids is 1. The Hall–Kier alpha value is -2.78. The number of benzene rings is 2. The number of rotatable bonds is 6. The Morgan fingerprint density at radius 3 is 2.48 bits per heavy atom. The molecule has 0 atom stereocenters. The van der Waals surface area contributed by atoms with Crippen molar-refractivity contribution in [2.45, 2.75) is 6.92 Å². The molecule has 2 rings (SSSR count). The predicted octanol–water partition coefficient (Wildman–Crippen LogP) is 1.89. The summed E-state index contributed by atoms with van der Waals surface area (Å²) < 4.78 is 11.0. The zero-order chi connectivity index (χ0) is 18.6. The Balaban J connectivity index is 2.27. The highest BCUT2D eigenvalue weighted by molar-refractivity contribution is 9.10. The minimum absolute atomic E-state index is 0.340. The highest BCUT2D eigenvalue weighted by Gasteiger charge is 2.21. The zero-order valence-corrected chi connectivity index (χ0v) is 14.8. The van der Waals surface area contributed by atoms with Crippen molar-refractivity contribution in [3.05, 3.63) is 52.5 Å². The van der Waals surface area contributed by atoms with Gasteiger partial charge in [0, 0.05) is 11.4 Å². The summed E-state index contributed by atoms with van der Waals surface area (Å²) in [5.74, 6) is 3.46. The second kappa shape index (κ2) is 7.86. The molecule has 0 saturated heterocycles. The van der Waals surface area contributed by atoms with E-state index in [1.807, 2.05) is 24.3 Å². The molecule has 0 aliphatic heterocycles. The fourth-order valence-electron chi connectivity index (χ4n) is 2.03. The first-order chi connectivity index (χ1) is 11.8. The molecule has 0 aliphatic rings. The van der Waals surface area contributed by atoms with Crippen LogP contribution in [-0.2, 0) is 14.3 Å². The Kier molecular flexibility index (Phi) is 5.84. The van der Waals surface area contributed by atoms with Gasteiger partial charge in [-0.05, 0) is 35.0 Å². The molecule has 8 nitrogen and oxygen atoms in total. The van der Waals surface area contributed by atoms with Crippen molar-refractivity contribution < 1.29 is 24.2 Å². The number of carbonyl (C=O) groups is 2. The van der Waals surface area contributed by atoms with E-state index in [1.54, 1.807) is 12.1 Å². The molecule has 0 unspecified atom stereocenters. The monoisotopic (exact) mass is 409 g/mol. The van der Waals surface area contributed by atoms with E-state index in [-0.39, 0.29) is 0 Å². The molecule has 0 bridgehead atoms. The number of carboxylic acid groups (broad SMARTS) is 1.